The van der Waals surface area contributed by atoms with E-state index in [4.69, 9.17) is 0 Å². The monoisotopic (exact) mass is 355 g/mol. The van der Waals surface area contributed by atoms with Gasteiger partial charge in [-0.3, -0.25) is 4.79 Å². The van der Waals surface area contributed by atoms with Gasteiger partial charge in [0.2, 0.25) is 0 Å². The van der Waals surface area contributed by atoms with Crippen molar-refractivity contribution < 1.29 is 18.0 Å². The molecule has 1 saturated heterocycles. The second-order valence-electron chi connectivity index (χ2n) is 5.56. The summed E-state index contributed by atoms with van der Waals surface area (Å²) in [4.78, 5) is 18.6. The van der Waals surface area contributed by atoms with Crippen molar-refractivity contribution in [3.63, 3.8) is 0 Å². The van der Waals surface area contributed by atoms with Gasteiger partial charge in [0, 0.05) is 30.7 Å². The summed E-state index contributed by atoms with van der Waals surface area (Å²) in [6, 6.07) is 4.89. The Bertz CT molecular complexity index is 703. The van der Waals surface area contributed by atoms with E-state index >= 15 is 0 Å². The van der Waals surface area contributed by atoms with Crippen molar-refractivity contribution in [1.82, 2.24) is 10.3 Å². The average molecular weight is 355 g/mol. The smallest absolute Gasteiger partial charge is 0.350 e. The van der Waals surface area contributed by atoms with Crippen LogP contribution in [0.4, 0.5) is 18.3 Å². The quantitative estimate of drug-likeness (QED) is 0.912. The number of rotatable bonds is 4. The van der Waals surface area contributed by atoms with Crippen LogP contribution in [0.5, 0.6) is 0 Å². The van der Waals surface area contributed by atoms with Crippen LogP contribution in [-0.4, -0.2) is 30.0 Å². The number of amides is 1. The van der Waals surface area contributed by atoms with E-state index in [1.807, 2.05) is 5.38 Å². The van der Waals surface area contributed by atoms with E-state index in [0.717, 1.165) is 30.6 Å². The molecule has 0 bridgehead atoms. The summed E-state index contributed by atoms with van der Waals surface area (Å²) in [5.41, 5.74) is -1.26. The highest BCUT2D eigenvalue weighted by Gasteiger charge is 2.35. The summed E-state index contributed by atoms with van der Waals surface area (Å²) < 4.78 is 39.0. The van der Waals surface area contributed by atoms with Crippen molar-refractivity contribution in [2.75, 3.05) is 18.0 Å². The van der Waals surface area contributed by atoms with Gasteiger partial charge >= 0.3 is 6.18 Å². The van der Waals surface area contributed by atoms with Gasteiger partial charge in [-0.2, -0.15) is 13.2 Å². The molecule has 2 aromatic rings. The Morgan fingerprint density at radius 1 is 1.38 bits per heavy atom. The number of hydrogen-bond donors (Lipinski definition) is 1. The van der Waals surface area contributed by atoms with Gasteiger partial charge in [0.25, 0.3) is 5.91 Å². The summed E-state index contributed by atoms with van der Waals surface area (Å²) in [6.45, 7) is 1.14. The fourth-order valence-corrected chi connectivity index (χ4v) is 3.63. The number of nitrogens with one attached hydrogen (secondary N) is 1. The number of benzene rings is 1. The summed E-state index contributed by atoms with van der Waals surface area (Å²) in [5, 5.41) is 5.40. The Balaban J connectivity index is 1.68. The summed E-state index contributed by atoms with van der Waals surface area (Å²) in [7, 11) is 0. The molecule has 1 amide bonds. The molecule has 1 fully saturated rings. The van der Waals surface area contributed by atoms with Gasteiger partial charge < -0.3 is 10.2 Å². The molecular weight excluding hydrogens is 339 g/mol. The topological polar surface area (TPSA) is 45.2 Å². The van der Waals surface area contributed by atoms with Gasteiger partial charge in [-0.15, -0.1) is 11.3 Å². The number of carbonyl (C=O) groups excluding carboxylic acids is 1. The zero-order chi connectivity index (χ0) is 17.2. The Morgan fingerprint density at radius 3 is 2.88 bits per heavy atom. The van der Waals surface area contributed by atoms with E-state index in [-0.39, 0.29) is 11.6 Å². The number of nitrogens with zero attached hydrogens (tertiary/aromatic N) is 2. The van der Waals surface area contributed by atoms with Crippen molar-refractivity contribution in [3.8, 4) is 0 Å². The van der Waals surface area contributed by atoms with E-state index in [1.165, 1.54) is 29.5 Å². The molecule has 0 aliphatic carbocycles. The van der Waals surface area contributed by atoms with Crippen LogP contribution in [0.2, 0.25) is 0 Å². The minimum atomic E-state index is -4.55. The number of anilines is 1. The summed E-state index contributed by atoms with van der Waals surface area (Å²) in [6.07, 6.45) is -0.984. The third-order valence-electron chi connectivity index (χ3n) is 4.02. The largest absolute Gasteiger partial charge is 0.417 e. The predicted molar refractivity (Wildman–Crippen MR) is 86.3 cm³/mol. The van der Waals surface area contributed by atoms with Crippen molar-refractivity contribution in [3.05, 3.63) is 47.0 Å². The first-order valence-corrected chi connectivity index (χ1v) is 8.45. The molecule has 1 aliphatic heterocycles. The molecule has 3 rings (SSSR count). The Morgan fingerprint density at radius 2 is 2.17 bits per heavy atom. The van der Waals surface area contributed by atoms with E-state index < -0.39 is 17.6 Å². The molecule has 0 radical (unpaired) electrons. The molecule has 2 heterocycles. The molecule has 1 unspecified atom stereocenters. The van der Waals surface area contributed by atoms with Crippen molar-refractivity contribution >= 4 is 22.4 Å². The van der Waals surface area contributed by atoms with Crippen LogP contribution in [0.15, 0.2) is 35.8 Å². The molecule has 1 N–H and O–H groups in total. The van der Waals surface area contributed by atoms with Gasteiger partial charge in [0.15, 0.2) is 5.13 Å². The van der Waals surface area contributed by atoms with Crippen molar-refractivity contribution in [1.29, 1.82) is 0 Å². The second kappa shape index (κ2) is 6.80. The highest BCUT2D eigenvalue weighted by Crippen LogP contribution is 2.32. The Kier molecular flexibility index (Phi) is 4.75. The van der Waals surface area contributed by atoms with E-state index in [1.54, 1.807) is 6.20 Å². The summed E-state index contributed by atoms with van der Waals surface area (Å²) in [5.74, 6) is -0.700. The number of halogens is 3. The lowest BCUT2D eigenvalue weighted by Crippen LogP contribution is -2.40. The maximum atomic E-state index is 13.0. The molecule has 1 aliphatic rings. The SMILES string of the molecule is O=C(NCC1CCCN1c1nccs1)c1ccccc1C(F)(F)F. The van der Waals surface area contributed by atoms with Crippen LogP contribution < -0.4 is 10.2 Å². The van der Waals surface area contributed by atoms with Gasteiger partial charge in [0.1, 0.15) is 0 Å². The predicted octanol–water partition coefficient (Wildman–Crippen LogP) is 3.56. The fourth-order valence-electron chi connectivity index (χ4n) is 2.89. The Labute approximate surface area is 141 Å². The second-order valence-corrected chi connectivity index (χ2v) is 6.43. The highest BCUT2D eigenvalue weighted by molar-refractivity contribution is 7.13. The zero-order valence-corrected chi connectivity index (χ0v) is 13.5. The maximum absolute atomic E-state index is 13.0. The highest BCUT2D eigenvalue weighted by atomic mass is 32.1. The standard InChI is InChI=1S/C16H16F3N3OS/c17-16(18,19)13-6-2-1-5-12(13)14(23)21-10-11-4-3-8-22(11)15-20-7-9-24-15/h1-2,5-7,9,11H,3-4,8,10H2,(H,21,23). The van der Waals surface area contributed by atoms with E-state index in [0.29, 0.717) is 6.54 Å². The number of carbonyl (C=O) groups is 1. The van der Waals surface area contributed by atoms with Crippen molar-refractivity contribution in [2.24, 2.45) is 0 Å². The third kappa shape index (κ3) is 3.53. The summed E-state index contributed by atoms with van der Waals surface area (Å²) >= 11 is 1.51. The molecule has 8 heteroatoms. The number of thiazole rings is 1. The van der Waals surface area contributed by atoms with Crippen LogP contribution in [0.3, 0.4) is 0 Å². The molecule has 4 nitrogen and oxygen atoms in total. The van der Waals surface area contributed by atoms with Crippen molar-refractivity contribution in [2.45, 2.75) is 25.1 Å². The number of alkyl halides is 3. The first-order chi connectivity index (χ1) is 11.5. The lowest BCUT2D eigenvalue weighted by Gasteiger charge is -2.24. The lowest BCUT2D eigenvalue weighted by molar-refractivity contribution is -0.137. The fraction of sp³-hybridized carbons (Fsp3) is 0.375. The zero-order valence-electron chi connectivity index (χ0n) is 12.7. The van der Waals surface area contributed by atoms with Gasteiger partial charge in [0.05, 0.1) is 11.1 Å². The molecule has 24 heavy (non-hydrogen) atoms. The number of hydrogen-bond acceptors (Lipinski definition) is 4. The molecule has 1 aromatic heterocycles. The Hall–Kier alpha value is -2.09. The van der Waals surface area contributed by atoms with Gasteiger partial charge in [-0.1, -0.05) is 12.1 Å². The minimum Gasteiger partial charge on any atom is -0.350 e. The first-order valence-electron chi connectivity index (χ1n) is 7.57. The van der Waals surface area contributed by atoms with Crippen LogP contribution in [0, 0.1) is 0 Å². The molecule has 1 atom stereocenters. The van der Waals surface area contributed by atoms with Gasteiger partial charge in [-0.05, 0) is 25.0 Å². The first kappa shape index (κ1) is 16.8. The average Bonchev–Trinajstić information content (AvgIpc) is 3.22. The van der Waals surface area contributed by atoms with E-state index in [9.17, 15) is 18.0 Å². The normalized spacial score (nSPS) is 18.0. The van der Waals surface area contributed by atoms with Gasteiger partial charge in [-0.25, -0.2) is 4.98 Å². The van der Waals surface area contributed by atoms with Crippen LogP contribution in [0.25, 0.3) is 0 Å². The number of aromatic nitrogens is 1. The molecular formula is C16H16F3N3OS. The van der Waals surface area contributed by atoms with E-state index in [2.05, 4.69) is 15.2 Å². The lowest BCUT2D eigenvalue weighted by atomic mass is 10.1. The van der Waals surface area contributed by atoms with Crippen LogP contribution in [0.1, 0.15) is 28.8 Å². The molecule has 128 valence electrons. The van der Waals surface area contributed by atoms with Crippen LogP contribution in [-0.2, 0) is 6.18 Å². The minimum absolute atomic E-state index is 0.0538. The maximum Gasteiger partial charge on any atom is 0.417 e. The van der Waals surface area contributed by atoms with Crippen LogP contribution >= 0.6 is 11.3 Å². The third-order valence-corrected chi connectivity index (χ3v) is 4.83. The molecule has 0 spiro atoms. The molecule has 0 saturated carbocycles. The molecule has 1 aromatic carbocycles.